The molecular formula is C12H14ClN3O. The highest BCUT2D eigenvalue weighted by molar-refractivity contribution is 6.32. The Bertz CT molecular complexity index is 537. The molecule has 2 aromatic rings. The monoisotopic (exact) mass is 251 g/mol. The Morgan fingerprint density at radius 2 is 2.24 bits per heavy atom. The number of hydrogen-bond acceptors (Lipinski definition) is 3. The molecule has 1 aromatic carbocycles. The molecule has 0 atom stereocenters. The number of aromatic nitrogens is 2. The fourth-order valence-corrected chi connectivity index (χ4v) is 1.94. The van der Waals surface area contributed by atoms with Gasteiger partial charge in [-0.15, -0.1) is 0 Å². The zero-order valence-corrected chi connectivity index (χ0v) is 10.5. The van der Waals surface area contributed by atoms with E-state index in [2.05, 4.69) is 4.98 Å². The molecule has 0 fully saturated rings. The number of anilines is 1. The number of imidazole rings is 1. The van der Waals surface area contributed by atoms with E-state index in [0.717, 1.165) is 17.8 Å². The van der Waals surface area contributed by atoms with E-state index in [-0.39, 0.29) is 0 Å². The van der Waals surface area contributed by atoms with E-state index in [4.69, 9.17) is 22.1 Å². The topological polar surface area (TPSA) is 53.1 Å². The Hall–Kier alpha value is -1.68. The molecule has 17 heavy (non-hydrogen) atoms. The van der Waals surface area contributed by atoms with E-state index in [1.54, 1.807) is 19.5 Å². The van der Waals surface area contributed by atoms with Gasteiger partial charge in [-0.2, -0.15) is 0 Å². The van der Waals surface area contributed by atoms with E-state index in [0.29, 0.717) is 16.6 Å². The molecule has 0 aliphatic heterocycles. The third-order valence-electron chi connectivity index (χ3n) is 2.64. The number of aryl methyl sites for hydroxylation is 1. The Balaban J connectivity index is 2.46. The van der Waals surface area contributed by atoms with E-state index in [1.807, 2.05) is 23.6 Å². The fraction of sp³-hybridized carbons (Fsp3) is 0.250. The van der Waals surface area contributed by atoms with Gasteiger partial charge in [0.15, 0.2) is 0 Å². The highest BCUT2D eigenvalue weighted by Gasteiger charge is 2.11. The van der Waals surface area contributed by atoms with Gasteiger partial charge in [-0.1, -0.05) is 11.6 Å². The van der Waals surface area contributed by atoms with Crippen LogP contribution < -0.4 is 10.5 Å². The lowest BCUT2D eigenvalue weighted by Gasteiger charge is -2.06. The average Bonchev–Trinajstić information content (AvgIpc) is 2.70. The van der Waals surface area contributed by atoms with Crippen LogP contribution in [0.1, 0.15) is 6.92 Å². The maximum Gasteiger partial charge on any atom is 0.137 e. The van der Waals surface area contributed by atoms with Gasteiger partial charge in [0.2, 0.25) is 0 Å². The van der Waals surface area contributed by atoms with Crippen LogP contribution in [0, 0.1) is 0 Å². The number of halogens is 1. The summed E-state index contributed by atoms with van der Waals surface area (Å²) in [6, 6.07) is 5.50. The number of rotatable bonds is 3. The summed E-state index contributed by atoms with van der Waals surface area (Å²) in [5, 5.41) is 0.551. The molecule has 0 aliphatic carbocycles. The van der Waals surface area contributed by atoms with Crippen LogP contribution in [0.25, 0.3) is 11.3 Å². The van der Waals surface area contributed by atoms with E-state index in [9.17, 15) is 0 Å². The molecule has 2 rings (SSSR count). The summed E-state index contributed by atoms with van der Waals surface area (Å²) in [5.41, 5.74) is 7.63. The standard InChI is InChI=1S/C12H14ClN3O/c1-3-16-7-15-11(12(16)14)8-4-5-10(17-2)9(13)6-8/h4-7H,3,14H2,1-2H3. The second-order valence-electron chi connectivity index (χ2n) is 3.61. The van der Waals surface area contributed by atoms with Crippen LogP contribution in [-0.2, 0) is 6.54 Å². The zero-order valence-electron chi connectivity index (χ0n) is 9.77. The van der Waals surface area contributed by atoms with Crippen LogP contribution >= 0.6 is 11.6 Å². The van der Waals surface area contributed by atoms with Gasteiger partial charge >= 0.3 is 0 Å². The minimum absolute atomic E-state index is 0.551. The number of nitrogens with zero attached hydrogens (tertiary/aromatic N) is 2. The lowest BCUT2D eigenvalue weighted by Crippen LogP contribution is -1.99. The highest BCUT2D eigenvalue weighted by Crippen LogP contribution is 2.31. The lowest BCUT2D eigenvalue weighted by atomic mass is 10.1. The minimum Gasteiger partial charge on any atom is -0.495 e. The summed E-state index contributed by atoms with van der Waals surface area (Å²) in [6.45, 7) is 2.81. The molecule has 2 N–H and O–H groups in total. The van der Waals surface area contributed by atoms with E-state index in [1.165, 1.54) is 0 Å². The second kappa shape index (κ2) is 4.67. The Morgan fingerprint density at radius 3 is 2.76 bits per heavy atom. The molecule has 1 heterocycles. The molecule has 0 amide bonds. The Kier molecular flexibility index (Phi) is 3.24. The first kappa shape index (κ1) is 11.8. The van der Waals surface area contributed by atoms with Crippen molar-refractivity contribution in [2.45, 2.75) is 13.5 Å². The van der Waals surface area contributed by atoms with Crippen molar-refractivity contribution in [3.05, 3.63) is 29.5 Å². The molecule has 90 valence electrons. The van der Waals surface area contributed by atoms with Crippen LogP contribution in [0.5, 0.6) is 5.75 Å². The van der Waals surface area contributed by atoms with Crippen molar-refractivity contribution in [3.63, 3.8) is 0 Å². The summed E-state index contributed by atoms with van der Waals surface area (Å²) in [7, 11) is 1.58. The fourth-order valence-electron chi connectivity index (χ4n) is 1.68. The van der Waals surface area contributed by atoms with Crippen molar-refractivity contribution in [2.24, 2.45) is 0 Å². The highest BCUT2D eigenvalue weighted by atomic mass is 35.5. The van der Waals surface area contributed by atoms with Crippen LogP contribution in [-0.4, -0.2) is 16.7 Å². The molecule has 0 saturated carbocycles. The average molecular weight is 252 g/mol. The van der Waals surface area contributed by atoms with Crippen molar-refractivity contribution < 1.29 is 4.74 Å². The predicted molar refractivity (Wildman–Crippen MR) is 69.3 cm³/mol. The van der Waals surface area contributed by atoms with Crippen LogP contribution in [0.15, 0.2) is 24.5 Å². The summed E-state index contributed by atoms with van der Waals surface area (Å²) in [5.74, 6) is 1.29. The van der Waals surface area contributed by atoms with Crippen LogP contribution in [0.3, 0.4) is 0 Å². The van der Waals surface area contributed by atoms with Gasteiger partial charge in [-0.05, 0) is 25.1 Å². The van der Waals surface area contributed by atoms with Gasteiger partial charge in [0, 0.05) is 12.1 Å². The molecular weight excluding hydrogens is 238 g/mol. The van der Waals surface area contributed by atoms with Crippen LogP contribution in [0.4, 0.5) is 5.82 Å². The third kappa shape index (κ3) is 2.08. The largest absolute Gasteiger partial charge is 0.495 e. The summed E-state index contributed by atoms with van der Waals surface area (Å²) in [4.78, 5) is 4.29. The lowest BCUT2D eigenvalue weighted by molar-refractivity contribution is 0.415. The zero-order chi connectivity index (χ0) is 12.4. The van der Waals surface area contributed by atoms with E-state index >= 15 is 0 Å². The minimum atomic E-state index is 0.551. The first-order valence-corrected chi connectivity index (χ1v) is 5.69. The van der Waals surface area contributed by atoms with E-state index < -0.39 is 0 Å². The molecule has 0 unspecified atom stereocenters. The number of nitrogen functional groups attached to an aromatic ring is 1. The van der Waals surface area contributed by atoms with Gasteiger partial charge in [-0.25, -0.2) is 4.98 Å². The molecule has 1 aromatic heterocycles. The number of hydrogen-bond donors (Lipinski definition) is 1. The van der Waals surface area contributed by atoms with Gasteiger partial charge in [0.05, 0.1) is 18.5 Å². The molecule has 0 spiro atoms. The molecule has 5 heteroatoms. The maximum atomic E-state index is 6.07. The van der Waals surface area contributed by atoms with Crippen molar-refractivity contribution in [1.82, 2.24) is 9.55 Å². The van der Waals surface area contributed by atoms with Crippen molar-refractivity contribution in [3.8, 4) is 17.0 Å². The molecule has 0 bridgehead atoms. The molecule has 0 aliphatic rings. The van der Waals surface area contributed by atoms with Crippen molar-refractivity contribution >= 4 is 17.4 Å². The van der Waals surface area contributed by atoms with Gasteiger partial charge < -0.3 is 15.0 Å². The Labute approximate surface area is 105 Å². The normalized spacial score (nSPS) is 10.5. The van der Waals surface area contributed by atoms with Crippen molar-refractivity contribution in [2.75, 3.05) is 12.8 Å². The predicted octanol–water partition coefficient (Wildman–Crippen LogP) is 2.81. The SMILES string of the molecule is CCn1cnc(-c2ccc(OC)c(Cl)c2)c1N. The van der Waals surface area contributed by atoms with Gasteiger partial charge in [0.25, 0.3) is 0 Å². The summed E-state index contributed by atoms with van der Waals surface area (Å²) >= 11 is 6.07. The quantitative estimate of drug-likeness (QED) is 0.913. The number of nitrogens with two attached hydrogens (primary N) is 1. The first-order valence-electron chi connectivity index (χ1n) is 5.32. The second-order valence-corrected chi connectivity index (χ2v) is 4.02. The smallest absolute Gasteiger partial charge is 0.137 e. The third-order valence-corrected chi connectivity index (χ3v) is 2.94. The molecule has 4 nitrogen and oxygen atoms in total. The first-order chi connectivity index (χ1) is 8.17. The number of ether oxygens (including phenoxy) is 1. The van der Waals surface area contributed by atoms with Crippen LogP contribution in [0.2, 0.25) is 5.02 Å². The van der Waals surface area contributed by atoms with Crippen molar-refractivity contribution in [1.29, 1.82) is 0 Å². The number of methoxy groups -OCH3 is 1. The summed E-state index contributed by atoms with van der Waals surface area (Å²) < 4.78 is 6.99. The molecule has 0 saturated heterocycles. The van der Waals surface area contributed by atoms with Gasteiger partial charge in [0.1, 0.15) is 17.3 Å². The number of benzene rings is 1. The van der Waals surface area contributed by atoms with Gasteiger partial charge in [-0.3, -0.25) is 0 Å². The maximum absolute atomic E-state index is 6.07. The Morgan fingerprint density at radius 1 is 1.47 bits per heavy atom. The molecule has 0 radical (unpaired) electrons. The summed E-state index contributed by atoms with van der Waals surface area (Å²) in [6.07, 6.45) is 1.73.